The molecule has 8 nitrogen and oxygen atoms in total. The number of carbonyl (C=O) groups is 1. The molecule has 12 heteroatoms. The molecule has 32 heavy (non-hydrogen) atoms. The number of aromatic nitrogens is 2. The minimum Gasteiger partial charge on any atom is -0.484 e. The number of hydrogen-bond acceptors (Lipinski definition) is 7. The molecular weight excluding hydrogens is 438 g/mol. The van der Waals surface area contributed by atoms with E-state index in [1.165, 1.54) is 24.3 Å². The van der Waals surface area contributed by atoms with Crippen LogP contribution in [0.1, 0.15) is 49.5 Å². The SMILES string of the molecule is O=C(COc1ccc(F)cc1)N[C@@H]1CC[C@@H](c2nnc(C3CC(OC(F)(F)F)C3)o2)OC1. The molecule has 2 aromatic rings. The maximum Gasteiger partial charge on any atom is 0.522 e. The summed E-state index contributed by atoms with van der Waals surface area (Å²) in [4.78, 5) is 12.0. The number of halogens is 4. The van der Waals surface area contributed by atoms with Crippen LogP contribution in [-0.2, 0) is 14.3 Å². The highest BCUT2D eigenvalue weighted by Gasteiger charge is 2.42. The lowest BCUT2D eigenvalue weighted by Crippen LogP contribution is -2.43. The number of alkyl halides is 3. The van der Waals surface area contributed by atoms with Crippen molar-refractivity contribution in [1.29, 1.82) is 0 Å². The lowest BCUT2D eigenvalue weighted by Gasteiger charge is -2.33. The van der Waals surface area contributed by atoms with E-state index >= 15 is 0 Å². The standard InChI is InChI=1S/C20H21F4N3O5/c21-12-1-4-14(5-2-12)29-10-17(28)25-13-3-6-16(30-9-13)19-27-26-18(31-19)11-7-15(8-11)32-20(22,23)24/h1-2,4-5,11,13,15-16H,3,6-10H2,(H,25,28)/t11?,13-,15?,16+/m1/s1. The van der Waals surface area contributed by atoms with Crippen LogP contribution in [0.5, 0.6) is 5.75 Å². The molecular formula is C20H21F4N3O5. The number of hydrogen-bond donors (Lipinski definition) is 1. The van der Waals surface area contributed by atoms with Crippen molar-refractivity contribution in [2.24, 2.45) is 0 Å². The summed E-state index contributed by atoms with van der Waals surface area (Å²) < 4.78 is 70.1. The van der Waals surface area contributed by atoms with Crippen molar-refractivity contribution >= 4 is 5.91 Å². The number of rotatable bonds is 7. The van der Waals surface area contributed by atoms with E-state index in [9.17, 15) is 22.4 Å². The van der Waals surface area contributed by atoms with E-state index in [4.69, 9.17) is 13.9 Å². The summed E-state index contributed by atoms with van der Waals surface area (Å²) in [6, 6.07) is 5.13. The number of nitrogens with one attached hydrogen (secondary N) is 1. The first kappa shape index (κ1) is 22.5. The molecule has 0 unspecified atom stereocenters. The van der Waals surface area contributed by atoms with Crippen LogP contribution in [0.25, 0.3) is 0 Å². The first-order chi connectivity index (χ1) is 15.2. The second kappa shape index (κ2) is 9.41. The van der Waals surface area contributed by atoms with Crippen molar-refractivity contribution < 1.29 is 41.0 Å². The van der Waals surface area contributed by atoms with Gasteiger partial charge in [0.05, 0.1) is 18.8 Å². The third-order valence-corrected chi connectivity index (χ3v) is 5.30. The lowest BCUT2D eigenvalue weighted by molar-refractivity contribution is -0.352. The Balaban J connectivity index is 1.17. The summed E-state index contributed by atoms with van der Waals surface area (Å²) in [6.07, 6.45) is -4.52. The molecule has 2 aliphatic rings. The maximum absolute atomic E-state index is 12.9. The fourth-order valence-corrected chi connectivity index (χ4v) is 3.60. The number of nitrogens with zero attached hydrogens (tertiary/aromatic N) is 2. The Kier molecular flexibility index (Phi) is 6.60. The lowest BCUT2D eigenvalue weighted by atomic mass is 9.82. The number of ether oxygens (including phenoxy) is 3. The molecule has 1 N–H and O–H groups in total. The van der Waals surface area contributed by atoms with Crippen molar-refractivity contribution in [3.05, 3.63) is 41.9 Å². The van der Waals surface area contributed by atoms with Gasteiger partial charge in [0, 0.05) is 5.92 Å². The molecule has 0 spiro atoms. The van der Waals surface area contributed by atoms with Crippen LogP contribution in [0.3, 0.4) is 0 Å². The van der Waals surface area contributed by atoms with E-state index in [0.29, 0.717) is 18.6 Å². The molecule has 4 rings (SSSR count). The third-order valence-electron chi connectivity index (χ3n) is 5.30. The molecule has 1 aromatic carbocycles. The van der Waals surface area contributed by atoms with Gasteiger partial charge in [-0.2, -0.15) is 0 Å². The summed E-state index contributed by atoms with van der Waals surface area (Å²) in [5.41, 5.74) is 0. The fraction of sp³-hybridized carbons (Fsp3) is 0.550. The average Bonchev–Trinajstić information content (AvgIpc) is 3.19. The Morgan fingerprint density at radius 2 is 1.84 bits per heavy atom. The smallest absolute Gasteiger partial charge is 0.484 e. The largest absolute Gasteiger partial charge is 0.522 e. The number of carbonyl (C=O) groups excluding carboxylic acids is 1. The van der Waals surface area contributed by atoms with E-state index in [0.717, 1.165) is 0 Å². The molecule has 1 saturated heterocycles. The van der Waals surface area contributed by atoms with Crippen LogP contribution < -0.4 is 10.1 Å². The van der Waals surface area contributed by atoms with Gasteiger partial charge in [-0.05, 0) is 49.9 Å². The van der Waals surface area contributed by atoms with E-state index in [2.05, 4.69) is 20.3 Å². The normalized spacial score (nSPS) is 25.8. The van der Waals surface area contributed by atoms with Crippen LogP contribution in [0.15, 0.2) is 28.7 Å². The Hall–Kier alpha value is -2.73. The molecule has 2 heterocycles. The van der Waals surface area contributed by atoms with Crippen molar-refractivity contribution in [3.8, 4) is 5.75 Å². The van der Waals surface area contributed by atoms with Gasteiger partial charge in [-0.1, -0.05) is 0 Å². The van der Waals surface area contributed by atoms with Gasteiger partial charge in [-0.3, -0.25) is 9.53 Å². The van der Waals surface area contributed by atoms with Gasteiger partial charge in [0.2, 0.25) is 11.8 Å². The minimum absolute atomic E-state index is 0.167. The predicted molar refractivity (Wildman–Crippen MR) is 99.0 cm³/mol. The Bertz CT molecular complexity index is 907. The molecule has 2 fully saturated rings. The summed E-state index contributed by atoms with van der Waals surface area (Å²) in [5.74, 6) is -0.0566. The summed E-state index contributed by atoms with van der Waals surface area (Å²) in [7, 11) is 0. The molecule has 2 atom stereocenters. The molecule has 1 amide bonds. The van der Waals surface area contributed by atoms with Crippen LogP contribution in [-0.4, -0.2) is 47.8 Å². The second-order valence-electron chi connectivity index (χ2n) is 7.74. The molecule has 1 aromatic heterocycles. The molecule has 0 radical (unpaired) electrons. The molecule has 1 saturated carbocycles. The highest BCUT2D eigenvalue weighted by molar-refractivity contribution is 5.77. The first-order valence-electron chi connectivity index (χ1n) is 10.1. The van der Waals surface area contributed by atoms with Gasteiger partial charge < -0.3 is 19.2 Å². The van der Waals surface area contributed by atoms with Crippen molar-refractivity contribution in [3.63, 3.8) is 0 Å². The summed E-state index contributed by atoms with van der Waals surface area (Å²) in [6.45, 7) is 0.0224. The predicted octanol–water partition coefficient (Wildman–Crippen LogP) is 3.41. The highest BCUT2D eigenvalue weighted by Crippen LogP contribution is 2.41. The Labute approximate surface area is 180 Å². The fourth-order valence-electron chi connectivity index (χ4n) is 3.60. The van der Waals surface area contributed by atoms with E-state index in [1.54, 1.807) is 0 Å². The topological polar surface area (TPSA) is 95.7 Å². The van der Waals surface area contributed by atoms with E-state index in [-0.39, 0.29) is 55.7 Å². The van der Waals surface area contributed by atoms with Crippen molar-refractivity contribution in [1.82, 2.24) is 15.5 Å². The highest BCUT2D eigenvalue weighted by atomic mass is 19.4. The Morgan fingerprint density at radius 1 is 1.12 bits per heavy atom. The Morgan fingerprint density at radius 3 is 2.50 bits per heavy atom. The average molecular weight is 459 g/mol. The minimum atomic E-state index is -4.65. The van der Waals surface area contributed by atoms with Crippen molar-refractivity contribution in [2.75, 3.05) is 13.2 Å². The van der Waals surface area contributed by atoms with Gasteiger partial charge in [0.15, 0.2) is 6.61 Å². The van der Waals surface area contributed by atoms with Gasteiger partial charge >= 0.3 is 6.36 Å². The monoisotopic (exact) mass is 459 g/mol. The van der Waals surface area contributed by atoms with Crippen LogP contribution in [0.4, 0.5) is 17.6 Å². The van der Waals surface area contributed by atoms with Gasteiger partial charge in [-0.25, -0.2) is 4.39 Å². The third kappa shape index (κ3) is 5.94. The van der Waals surface area contributed by atoms with Crippen LogP contribution >= 0.6 is 0 Å². The number of benzene rings is 1. The molecule has 1 aliphatic carbocycles. The number of amides is 1. The zero-order valence-corrected chi connectivity index (χ0v) is 16.8. The van der Waals surface area contributed by atoms with E-state index < -0.39 is 24.4 Å². The molecule has 1 aliphatic heterocycles. The quantitative estimate of drug-likeness (QED) is 0.634. The van der Waals surface area contributed by atoms with Gasteiger partial charge in [0.25, 0.3) is 5.91 Å². The molecule has 174 valence electrons. The van der Waals surface area contributed by atoms with Crippen molar-refractivity contribution in [2.45, 2.75) is 56.2 Å². The van der Waals surface area contributed by atoms with Gasteiger partial charge in [-0.15, -0.1) is 23.4 Å². The first-order valence-corrected chi connectivity index (χ1v) is 10.1. The maximum atomic E-state index is 12.9. The molecule has 0 bridgehead atoms. The summed E-state index contributed by atoms with van der Waals surface area (Å²) in [5, 5.41) is 10.7. The van der Waals surface area contributed by atoms with Crippen LogP contribution in [0, 0.1) is 5.82 Å². The second-order valence-corrected chi connectivity index (χ2v) is 7.74. The van der Waals surface area contributed by atoms with Crippen LogP contribution in [0.2, 0.25) is 0 Å². The zero-order chi connectivity index (χ0) is 22.7. The summed E-state index contributed by atoms with van der Waals surface area (Å²) >= 11 is 0. The zero-order valence-electron chi connectivity index (χ0n) is 16.8. The van der Waals surface area contributed by atoms with E-state index in [1.807, 2.05) is 0 Å². The van der Waals surface area contributed by atoms with Gasteiger partial charge in [0.1, 0.15) is 17.7 Å².